The highest BCUT2D eigenvalue weighted by atomic mass is 16.5. The molecule has 0 unspecified atom stereocenters. The number of carbonyl (C=O) groups excluding carboxylic acids is 2. The summed E-state index contributed by atoms with van der Waals surface area (Å²) in [6, 6.07) is 13.0. The van der Waals surface area contributed by atoms with E-state index >= 15 is 0 Å². The molecule has 2 amide bonds. The zero-order valence-corrected chi connectivity index (χ0v) is 17.0. The van der Waals surface area contributed by atoms with Crippen molar-refractivity contribution in [2.24, 2.45) is 5.92 Å². The van der Waals surface area contributed by atoms with E-state index in [0.717, 1.165) is 17.5 Å². The number of carbonyl (C=O) groups is 2. The standard InChI is InChI=1S/C23H28N2O3/c1-15-5-8-17(9-6-15)21(26)25-20-13-19(10-7-16(20)2)24-22(27)18-11-12-28-23(3,4)14-18/h5-10,13,18H,11-12,14H2,1-4H3,(H,24,27)(H,25,26)/t18-/m1/s1. The van der Waals surface area contributed by atoms with E-state index in [0.29, 0.717) is 30.0 Å². The summed E-state index contributed by atoms with van der Waals surface area (Å²) in [5.41, 5.74) is 3.74. The van der Waals surface area contributed by atoms with Gasteiger partial charge in [0.15, 0.2) is 0 Å². The summed E-state index contributed by atoms with van der Waals surface area (Å²) in [6.45, 7) is 8.53. The van der Waals surface area contributed by atoms with Crippen molar-refractivity contribution < 1.29 is 14.3 Å². The highest BCUT2D eigenvalue weighted by Crippen LogP contribution is 2.30. The van der Waals surface area contributed by atoms with Crippen LogP contribution in [0.25, 0.3) is 0 Å². The van der Waals surface area contributed by atoms with Crippen molar-refractivity contribution in [3.05, 3.63) is 59.2 Å². The fraction of sp³-hybridized carbons (Fsp3) is 0.391. The Morgan fingerprint density at radius 1 is 1.04 bits per heavy atom. The number of amides is 2. The highest BCUT2D eigenvalue weighted by molar-refractivity contribution is 6.05. The minimum absolute atomic E-state index is 0.00367. The molecule has 1 aliphatic heterocycles. The predicted octanol–water partition coefficient (Wildman–Crippen LogP) is 4.70. The smallest absolute Gasteiger partial charge is 0.255 e. The SMILES string of the molecule is Cc1ccc(C(=O)Nc2cc(NC(=O)[C@@H]3CCOC(C)(C)C3)ccc2C)cc1. The Morgan fingerprint density at radius 2 is 1.75 bits per heavy atom. The van der Waals surface area contributed by atoms with Crippen LogP contribution in [0.2, 0.25) is 0 Å². The van der Waals surface area contributed by atoms with Crippen LogP contribution in [0.3, 0.4) is 0 Å². The third-order valence-corrected chi connectivity index (χ3v) is 5.13. The maximum atomic E-state index is 12.7. The van der Waals surface area contributed by atoms with Gasteiger partial charge in [0.25, 0.3) is 5.91 Å². The fourth-order valence-electron chi connectivity index (χ4n) is 3.43. The minimum Gasteiger partial charge on any atom is -0.376 e. The first-order chi connectivity index (χ1) is 13.2. The van der Waals surface area contributed by atoms with Crippen LogP contribution in [-0.4, -0.2) is 24.0 Å². The second kappa shape index (κ2) is 8.15. The number of benzene rings is 2. The van der Waals surface area contributed by atoms with Gasteiger partial charge in [0.05, 0.1) is 5.60 Å². The molecule has 0 aliphatic carbocycles. The van der Waals surface area contributed by atoms with Gasteiger partial charge in [-0.25, -0.2) is 0 Å². The normalized spacial score (nSPS) is 18.4. The lowest BCUT2D eigenvalue weighted by Crippen LogP contribution is -2.39. The van der Waals surface area contributed by atoms with Crippen molar-refractivity contribution in [1.29, 1.82) is 0 Å². The van der Waals surface area contributed by atoms with E-state index in [4.69, 9.17) is 4.74 Å². The van der Waals surface area contributed by atoms with Crippen LogP contribution < -0.4 is 10.6 Å². The largest absolute Gasteiger partial charge is 0.376 e. The maximum absolute atomic E-state index is 12.7. The molecule has 3 rings (SSSR count). The van der Waals surface area contributed by atoms with Gasteiger partial charge in [-0.1, -0.05) is 23.8 Å². The van der Waals surface area contributed by atoms with Gasteiger partial charge in [0.2, 0.25) is 5.91 Å². The number of ether oxygens (including phenoxy) is 1. The molecule has 0 spiro atoms. The summed E-state index contributed by atoms with van der Waals surface area (Å²) in [5.74, 6) is -0.246. The quantitative estimate of drug-likeness (QED) is 0.808. The van der Waals surface area contributed by atoms with Crippen LogP contribution >= 0.6 is 0 Å². The molecule has 2 aromatic carbocycles. The maximum Gasteiger partial charge on any atom is 0.255 e. The summed E-state index contributed by atoms with van der Waals surface area (Å²) in [7, 11) is 0. The first-order valence-corrected chi connectivity index (χ1v) is 9.67. The summed E-state index contributed by atoms with van der Waals surface area (Å²) < 4.78 is 5.70. The third-order valence-electron chi connectivity index (χ3n) is 5.13. The number of hydrogen-bond acceptors (Lipinski definition) is 3. The van der Waals surface area contributed by atoms with Crippen molar-refractivity contribution in [2.45, 2.75) is 46.1 Å². The molecule has 1 heterocycles. The van der Waals surface area contributed by atoms with Crippen molar-refractivity contribution in [1.82, 2.24) is 0 Å². The molecule has 1 fully saturated rings. The molecule has 28 heavy (non-hydrogen) atoms. The van der Waals surface area contributed by atoms with Gasteiger partial charge >= 0.3 is 0 Å². The summed E-state index contributed by atoms with van der Waals surface area (Å²) in [6.07, 6.45) is 1.42. The van der Waals surface area contributed by atoms with E-state index in [9.17, 15) is 9.59 Å². The van der Waals surface area contributed by atoms with Gasteiger partial charge in [0.1, 0.15) is 0 Å². The summed E-state index contributed by atoms with van der Waals surface area (Å²) in [5, 5.41) is 5.93. The molecule has 0 bridgehead atoms. The van der Waals surface area contributed by atoms with E-state index in [1.165, 1.54) is 0 Å². The van der Waals surface area contributed by atoms with Crippen molar-refractivity contribution in [3.63, 3.8) is 0 Å². The molecule has 0 radical (unpaired) electrons. The van der Waals surface area contributed by atoms with Gasteiger partial charge in [-0.3, -0.25) is 9.59 Å². The Bertz CT molecular complexity index is 872. The Morgan fingerprint density at radius 3 is 2.43 bits per heavy atom. The van der Waals surface area contributed by atoms with Gasteiger partial charge in [0, 0.05) is 29.5 Å². The minimum atomic E-state index is -0.277. The molecule has 1 atom stereocenters. The van der Waals surface area contributed by atoms with Gasteiger partial charge < -0.3 is 15.4 Å². The second-order valence-corrected chi connectivity index (χ2v) is 8.14. The van der Waals surface area contributed by atoms with E-state index in [2.05, 4.69) is 10.6 Å². The molecule has 1 saturated heterocycles. The first kappa shape index (κ1) is 20.1. The van der Waals surface area contributed by atoms with Crippen molar-refractivity contribution >= 4 is 23.2 Å². The fourth-order valence-corrected chi connectivity index (χ4v) is 3.43. The summed E-state index contributed by atoms with van der Waals surface area (Å²) in [4.78, 5) is 25.2. The zero-order chi connectivity index (χ0) is 20.3. The molecule has 2 aromatic rings. The van der Waals surface area contributed by atoms with Gasteiger partial charge in [-0.05, 0) is 70.4 Å². The van der Waals surface area contributed by atoms with E-state index in [1.54, 1.807) is 12.1 Å². The second-order valence-electron chi connectivity index (χ2n) is 8.14. The number of rotatable bonds is 4. The molecular weight excluding hydrogens is 352 g/mol. The Kier molecular flexibility index (Phi) is 5.84. The molecule has 148 valence electrons. The number of anilines is 2. The highest BCUT2D eigenvalue weighted by Gasteiger charge is 2.32. The third kappa shape index (κ3) is 4.98. The zero-order valence-electron chi connectivity index (χ0n) is 17.0. The van der Waals surface area contributed by atoms with Crippen LogP contribution in [-0.2, 0) is 9.53 Å². The van der Waals surface area contributed by atoms with Crippen LogP contribution in [0.15, 0.2) is 42.5 Å². The lowest BCUT2D eigenvalue weighted by Gasteiger charge is -2.34. The molecule has 0 saturated carbocycles. The van der Waals surface area contributed by atoms with E-state index < -0.39 is 0 Å². The lowest BCUT2D eigenvalue weighted by molar-refractivity contribution is -0.130. The molecule has 2 N–H and O–H groups in total. The summed E-state index contributed by atoms with van der Waals surface area (Å²) >= 11 is 0. The van der Waals surface area contributed by atoms with Gasteiger partial charge in [-0.15, -0.1) is 0 Å². The predicted molar refractivity (Wildman–Crippen MR) is 112 cm³/mol. The Labute approximate surface area is 166 Å². The van der Waals surface area contributed by atoms with E-state index in [1.807, 2.05) is 58.0 Å². The van der Waals surface area contributed by atoms with E-state index in [-0.39, 0.29) is 23.3 Å². The van der Waals surface area contributed by atoms with Crippen molar-refractivity contribution in [2.75, 3.05) is 17.2 Å². The van der Waals surface area contributed by atoms with Crippen LogP contribution in [0.1, 0.15) is 48.2 Å². The molecule has 1 aliphatic rings. The molecule has 5 nitrogen and oxygen atoms in total. The van der Waals surface area contributed by atoms with Crippen LogP contribution in [0.4, 0.5) is 11.4 Å². The van der Waals surface area contributed by atoms with Crippen molar-refractivity contribution in [3.8, 4) is 0 Å². The Hall–Kier alpha value is -2.66. The average Bonchev–Trinajstić information content (AvgIpc) is 2.64. The number of nitrogens with one attached hydrogen (secondary N) is 2. The Balaban J connectivity index is 1.69. The van der Waals surface area contributed by atoms with Crippen LogP contribution in [0.5, 0.6) is 0 Å². The average molecular weight is 380 g/mol. The molecule has 0 aromatic heterocycles. The number of hydrogen-bond donors (Lipinski definition) is 2. The lowest BCUT2D eigenvalue weighted by atomic mass is 9.88. The topological polar surface area (TPSA) is 67.4 Å². The van der Waals surface area contributed by atoms with Gasteiger partial charge in [-0.2, -0.15) is 0 Å². The molecular formula is C23H28N2O3. The molecule has 5 heteroatoms. The first-order valence-electron chi connectivity index (χ1n) is 9.67. The monoisotopic (exact) mass is 380 g/mol. The number of aryl methyl sites for hydroxylation is 2. The van der Waals surface area contributed by atoms with Crippen LogP contribution in [0, 0.1) is 19.8 Å².